The summed E-state index contributed by atoms with van der Waals surface area (Å²) in [6.07, 6.45) is 0. The summed E-state index contributed by atoms with van der Waals surface area (Å²) >= 11 is 7.48. The maximum absolute atomic E-state index is 12.5. The lowest BCUT2D eigenvalue weighted by Gasteiger charge is -2.09. The number of carbonyl (C=O) groups is 1. The van der Waals surface area contributed by atoms with E-state index in [1.807, 2.05) is 37.4 Å². The van der Waals surface area contributed by atoms with Gasteiger partial charge in [0.05, 0.1) is 17.0 Å². The lowest BCUT2D eigenvalue weighted by Crippen LogP contribution is -2.10. The predicted octanol–water partition coefficient (Wildman–Crippen LogP) is 5.86. The van der Waals surface area contributed by atoms with E-state index in [4.69, 9.17) is 21.1 Å². The van der Waals surface area contributed by atoms with Crippen molar-refractivity contribution in [2.45, 2.75) is 20.5 Å². The zero-order valence-corrected chi connectivity index (χ0v) is 16.9. The van der Waals surface area contributed by atoms with Gasteiger partial charge in [-0.25, -0.2) is 0 Å². The van der Waals surface area contributed by atoms with Gasteiger partial charge >= 0.3 is 0 Å². The lowest BCUT2D eigenvalue weighted by atomic mass is 10.1. The number of anilines is 1. The number of thiophene rings is 1. The number of hydrogen-bond donors (Lipinski definition) is 1. The number of amides is 1. The smallest absolute Gasteiger partial charge is 0.265 e. The highest BCUT2D eigenvalue weighted by atomic mass is 35.5. The fourth-order valence-electron chi connectivity index (χ4n) is 2.53. The van der Waals surface area contributed by atoms with E-state index in [0.29, 0.717) is 27.9 Å². The first-order valence-corrected chi connectivity index (χ1v) is 9.64. The van der Waals surface area contributed by atoms with Crippen molar-refractivity contribution in [3.63, 3.8) is 0 Å². The second-order valence-corrected chi connectivity index (χ2v) is 7.50. The van der Waals surface area contributed by atoms with E-state index >= 15 is 0 Å². The Labute approximate surface area is 167 Å². The Hall–Kier alpha value is -2.50. The van der Waals surface area contributed by atoms with Crippen LogP contribution in [0.15, 0.2) is 47.8 Å². The number of methoxy groups -OCH3 is 1. The molecule has 1 heterocycles. The number of halogens is 1. The van der Waals surface area contributed by atoms with Crippen LogP contribution in [0.2, 0.25) is 5.02 Å². The Morgan fingerprint density at radius 2 is 1.93 bits per heavy atom. The van der Waals surface area contributed by atoms with Crippen molar-refractivity contribution in [3.05, 3.63) is 74.4 Å². The molecule has 1 N–H and O–H groups in total. The molecule has 0 unspecified atom stereocenters. The molecule has 1 amide bonds. The van der Waals surface area contributed by atoms with Gasteiger partial charge in [0.1, 0.15) is 18.1 Å². The topological polar surface area (TPSA) is 47.6 Å². The van der Waals surface area contributed by atoms with Gasteiger partial charge in [-0.1, -0.05) is 23.7 Å². The first-order valence-electron chi connectivity index (χ1n) is 8.38. The molecule has 0 saturated heterocycles. The maximum Gasteiger partial charge on any atom is 0.265 e. The monoisotopic (exact) mass is 401 g/mol. The SMILES string of the molecule is COc1ccc(NC(=O)c2cc(COc3cc(C)ccc3C)cs2)cc1Cl. The number of rotatable bonds is 6. The molecule has 2 aromatic carbocycles. The van der Waals surface area contributed by atoms with E-state index < -0.39 is 0 Å². The van der Waals surface area contributed by atoms with Crippen molar-refractivity contribution in [2.24, 2.45) is 0 Å². The van der Waals surface area contributed by atoms with Crippen LogP contribution in [0.5, 0.6) is 11.5 Å². The number of ether oxygens (including phenoxy) is 2. The second-order valence-electron chi connectivity index (χ2n) is 6.18. The standard InChI is InChI=1S/C21H20ClNO3S/c1-13-4-5-14(2)19(8-13)26-11-15-9-20(27-12-15)21(24)23-16-6-7-18(25-3)17(22)10-16/h4-10,12H,11H2,1-3H3,(H,23,24). The summed E-state index contributed by atoms with van der Waals surface area (Å²) < 4.78 is 11.0. The molecule has 0 spiro atoms. The summed E-state index contributed by atoms with van der Waals surface area (Å²) in [7, 11) is 1.55. The molecule has 0 saturated carbocycles. The van der Waals surface area contributed by atoms with Crippen LogP contribution in [0.4, 0.5) is 5.69 Å². The van der Waals surface area contributed by atoms with Crippen molar-refractivity contribution in [2.75, 3.05) is 12.4 Å². The maximum atomic E-state index is 12.5. The van der Waals surface area contributed by atoms with Crippen LogP contribution in [0.3, 0.4) is 0 Å². The minimum atomic E-state index is -0.181. The highest BCUT2D eigenvalue weighted by molar-refractivity contribution is 7.12. The van der Waals surface area contributed by atoms with Gasteiger partial charge in [-0.15, -0.1) is 11.3 Å². The summed E-state index contributed by atoms with van der Waals surface area (Å²) in [6.45, 7) is 4.47. The van der Waals surface area contributed by atoms with Crippen LogP contribution in [0, 0.1) is 13.8 Å². The number of nitrogens with one attached hydrogen (secondary N) is 1. The van der Waals surface area contributed by atoms with E-state index in [-0.39, 0.29) is 5.91 Å². The van der Waals surface area contributed by atoms with Gasteiger partial charge in [0.2, 0.25) is 0 Å². The van der Waals surface area contributed by atoms with Crippen molar-refractivity contribution in [3.8, 4) is 11.5 Å². The minimum absolute atomic E-state index is 0.181. The molecule has 0 aliphatic rings. The molecular weight excluding hydrogens is 382 g/mol. The van der Waals surface area contributed by atoms with Gasteiger partial charge in [0, 0.05) is 11.3 Å². The fraction of sp³-hybridized carbons (Fsp3) is 0.190. The molecule has 4 nitrogen and oxygen atoms in total. The first-order chi connectivity index (χ1) is 13.0. The third kappa shape index (κ3) is 4.81. The molecule has 6 heteroatoms. The van der Waals surface area contributed by atoms with E-state index in [1.165, 1.54) is 11.3 Å². The fourth-order valence-corrected chi connectivity index (χ4v) is 3.58. The van der Waals surface area contributed by atoms with E-state index in [9.17, 15) is 4.79 Å². The highest BCUT2D eigenvalue weighted by Gasteiger charge is 2.11. The summed E-state index contributed by atoms with van der Waals surface area (Å²) in [5.74, 6) is 1.25. The average Bonchev–Trinajstić information content (AvgIpc) is 3.12. The Morgan fingerprint density at radius 3 is 2.67 bits per heavy atom. The lowest BCUT2D eigenvalue weighted by molar-refractivity contribution is 0.103. The molecule has 3 rings (SSSR count). The van der Waals surface area contributed by atoms with Gasteiger partial charge in [-0.2, -0.15) is 0 Å². The number of carbonyl (C=O) groups excluding carboxylic acids is 1. The Balaban J connectivity index is 1.63. The predicted molar refractivity (Wildman–Crippen MR) is 111 cm³/mol. The quantitative estimate of drug-likeness (QED) is 0.562. The van der Waals surface area contributed by atoms with Gasteiger partial charge in [0.15, 0.2) is 0 Å². The third-order valence-corrected chi connectivity index (χ3v) is 5.30. The average molecular weight is 402 g/mol. The Kier molecular flexibility index (Phi) is 6.04. The highest BCUT2D eigenvalue weighted by Crippen LogP contribution is 2.28. The molecule has 27 heavy (non-hydrogen) atoms. The third-order valence-electron chi connectivity index (χ3n) is 4.03. The van der Waals surface area contributed by atoms with Gasteiger partial charge in [-0.3, -0.25) is 4.79 Å². The molecule has 0 radical (unpaired) electrons. The Morgan fingerprint density at radius 1 is 1.11 bits per heavy atom. The number of hydrogen-bond acceptors (Lipinski definition) is 4. The normalized spacial score (nSPS) is 10.5. The summed E-state index contributed by atoms with van der Waals surface area (Å²) in [6, 6.07) is 13.1. The van der Waals surface area contributed by atoms with E-state index in [0.717, 1.165) is 22.4 Å². The van der Waals surface area contributed by atoms with Crippen molar-refractivity contribution in [1.29, 1.82) is 0 Å². The van der Waals surface area contributed by atoms with Crippen molar-refractivity contribution in [1.82, 2.24) is 0 Å². The molecule has 0 bridgehead atoms. The van der Waals surface area contributed by atoms with Gasteiger partial charge in [0.25, 0.3) is 5.91 Å². The van der Waals surface area contributed by atoms with Crippen LogP contribution in [-0.2, 0) is 6.61 Å². The second kappa shape index (κ2) is 8.46. The minimum Gasteiger partial charge on any atom is -0.495 e. The van der Waals surface area contributed by atoms with Crippen LogP contribution in [0.25, 0.3) is 0 Å². The van der Waals surface area contributed by atoms with Crippen LogP contribution in [0.1, 0.15) is 26.4 Å². The van der Waals surface area contributed by atoms with Crippen molar-refractivity contribution < 1.29 is 14.3 Å². The molecule has 1 aromatic heterocycles. The molecule has 140 valence electrons. The van der Waals surface area contributed by atoms with E-state index in [2.05, 4.69) is 11.4 Å². The van der Waals surface area contributed by atoms with Crippen LogP contribution >= 0.6 is 22.9 Å². The van der Waals surface area contributed by atoms with Crippen LogP contribution in [-0.4, -0.2) is 13.0 Å². The zero-order chi connectivity index (χ0) is 19.4. The number of benzene rings is 2. The first kappa shape index (κ1) is 19.3. The Bertz CT molecular complexity index is 968. The molecular formula is C21H20ClNO3S. The van der Waals surface area contributed by atoms with Crippen LogP contribution < -0.4 is 14.8 Å². The summed E-state index contributed by atoms with van der Waals surface area (Å²) in [5, 5.41) is 5.22. The molecule has 3 aromatic rings. The summed E-state index contributed by atoms with van der Waals surface area (Å²) in [5.41, 5.74) is 3.82. The van der Waals surface area contributed by atoms with Gasteiger partial charge < -0.3 is 14.8 Å². The van der Waals surface area contributed by atoms with Crippen molar-refractivity contribution >= 4 is 34.5 Å². The number of aryl methyl sites for hydroxylation is 2. The molecule has 0 atom stereocenters. The zero-order valence-electron chi connectivity index (χ0n) is 15.3. The molecule has 0 fully saturated rings. The largest absolute Gasteiger partial charge is 0.495 e. The van der Waals surface area contributed by atoms with E-state index in [1.54, 1.807) is 25.3 Å². The summed E-state index contributed by atoms with van der Waals surface area (Å²) in [4.78, 5) is 13.1. The molecule has 0 aliphatic heterocycles. The van der Waals surface area contributed by atoms with Gasteiger partial charge in [-0.05, 0) is 60.7 Å². The molecule has 0 aliphatic carbocycles.